The number of morpholine rings is 1. The van der Waals surface area contributed by atoms with Gasteiger partial charge in [0.25, 0.3) is 5.91 Å². The molecule has 9 nitrogen and oxygen atoms in total. The van der Waals surface area contributed by atoms with Crippen molar-refractivity contribution in [3.63, 3.8) is 0 Å². The van der Waals surface area contributed by atoms with Gasteiger partial charge in [-0.25, -0.2) is 9.78 Å². The maximum Gasteiger partial charge on any atom is 0.410 e. The molecule has 2 aromatic heterocycles. The number of H-pyrrole nitrogens is 1. The van der Waals surface area contributed by atoms with E-state index in [4.69, 9.17) is 9.47 Å². The van der Waals surface area contributed by atoms with Gasteiger partial charge in [-0.2, -0.15) is 4.39 Å². The molecule has 2 N–H and O–H groups in total. The first-order valence-corrected chi connectivity index (χ1v) is 14.2. The van der Waals surface area contributed by atoms with E-state index in [0.29, 0.717) is 50.3 Å². The minimum Gasteiger partial charge on any atom is -0.444 e. The Balaban J connectivity index is 1.63. The zero-order valence-electron chi connectivity index (χ0n) is 24.6. The number of hydrogen-bond acceptors (Lipinski definition) is 6. The van der Waals surface area contributed by atoms with Crippen LogP contribution in [0, 0.1) is 5.95 Å². The molecule has 1 saturated heterocycles. The topological polar surface area (TPSA) is 108 Å². The Labute approximate surface area is 239 Å². The minimum absolute atomic E-state index is 0.273. The Morgan fingerprint density at radius 2 is 1.93 bits per heavy atom. The Hall–Kier alpha value is -3.50. The summed E-state index contributed by atoms with van der Waals surface area (Å²) in [6.07, 6.45) is 2.40. The molecule has 0 saturated carbocycles. The number of hydrogen-bond donors (Lipinski definition) is 2. The molecule has 220 valence electrons. The highest BCUT2D eigenvalue weighted by atomic mass is 19.1. The molecule has 0 radical (unpaired) electrons. The fourth-order valence-corrected chi connectivity index (χ4v) is 5.72. The minimum atomic E-state index is -1.50. The lowest BCUT2D eigenvalue weighted by Gasteiger charge is -2.40. The molecule has 10 heteroatoms. The smallest absolute Gasteiger partial charge is 0.410 e. The third kappa shape index (κ3) is 5.81. The fourth-order valence-electron chi connectivity index (χ4n) is 5.72. The monoisotopic (exact) mass is 566 g/mol. The number of halogens is 1. The van der Waals surface area contributed by atoms with E-state index in [-0.39, 0.29) is 18.5 Å². The number of rotatable bonds is 4. The predicted octanol–water partition coefficient (Wildman–Crippen LogP) is 4.90. The van der Waals surface area contributed by atoms with Crippen molar-refractivity contribution in [2.75, 3.05) is 26.3 Å². The maximum atomic E-state index is 14.5. The van der Waals surface area contributed by atoms with E-state index in [1.54, 1.807) is 16.0 Å². The number of aliphatic hydroxyl groups is 1. The highest BCUT2D eigenvalue weighted by molar-refractivity contribution is 5.86. The van der Waals surface area contributed by atoms with Crippen LogP contribution < -0.4 is 0 Å². The average Bonchev–Trinajstić information content (AvgIpc) is 3.24. The van der Waals surface area contributed by atoms with Gasteiger partial charge in [-0.15, -0.1) is 0 Å². The molecule has 0 unspecified atom stereocenters. The molecule has 3 aromatic rings. The number of aromatic amines is 1. The van der Waals surface area contributed by atoms with Crippen molar-refractivity contribution in [1.82, 2.24) is 19.8 Å². The molecule has 1 fully saturated rings. The van der Waals surface area contributed by atoms with Gasteiger partial charge in [0.15, 0.2) is 5.95 Å². The van der Waals surface area contributed by atoms with Gasteiger partial charge in [0.1, 0.15) is 16.8 Å². The number of nitrogens with zero attached hydrogens (tertiary/aromatic N) is 3. The highest BCUT2D eigenvalue weighted by Gasteiger charge is 2.37. The second-order valence-electron chi connectivity index (χ2n) is 12.4. The lowest BCUT2D eigenvalue weighted by Crippen LogP contribution is -2.48. The van der Waals surface area contributed by atoms with Gasteiger partial charge in [0, 0.05) is 42.3 Å². The van der Waals surface area contributed by atoms with Gasteiger partial charge in [-0.1, -0.05) is 13.0 Å². The van der Waals surface area contributed by atoms with Gasteiger partial charge in [-0.3, -0.25) is 9.69 Å². The average molecular weight is 567 g/mol. The van der Waals surface area contributed by atoms with Crippen LogP contribution in [0.5, 0.6) is 0 Å². The third-order valence-electron chi connectivity index (χ3n) is 7.70. The van der Waals surface area contributed by atoms with Crippen molar-refractivity contribution < 1.29 is 28.6 Å². The van der Waals surface area contributed by atoms with E-state index >= 15 is 0 Å². The summed E-state index contributed by atoms with van der Waals surface area (Å²) in [5.41, 5.74) is 3.45. The molecule has 2 amide bonds. The summed E-state index contributed by atoms with van der Waals surface area (Å²) < 4.78 is 26.1. The molecule has 2 aliphatic heterocycles. The number of pyridine rings is 1. The molecular weight excluding hydrogens is 527 g/mol. The van der Waals surface area contributed by atoms with E-state index < -0.39 is 23.3 Å². The zero-order valence-corrected chi connectivity index (χ0v) is 24.6. The number of carbonyl (C=O) groups is 2. The Morgan fingerprint density at radius 1 is 1.17 bits per heavy atom. The molecule has 1 aromatic carbocycles. The molecule has 0 spiro atoms. The number of nitrogens with one attached hydrogen (secondary N) is 1. The van der Waals surface area contributed by atoms with Crippen LogP contribution in [0.25, 0.3) is 22.2 Å². The molecule has 1 atom stereocenters. The van der Waals surface area contributed by atoms with Crippen LogP contribution in [0.2, 0.25) is 0 Å². The Kier molecular flexibility index (Phi) is 7.59. The van der Waals surface area contributed by atoms with Gasteiger partial charge >= 0.3 is 6.09 Å². The van der Waals surface area contributed by atoms with Crippen molar-refractivity contribution in [3.8, 4) is 11.1 Å². The van der Waals surface area contributed by atoms with E-state index in [2.05, 4.69) is 16.0 Å². The van der Waals surface area contributed by atoms with Crippen LogP contribution in [0.15, 0.2) is 24.4 Å². The number of amides is 2. The first-order valence-electron chi connectivity index (χ1n) is 14.2. The standard InChI is InChI=1S/C31H39FN4O5/c1-7-21-23-14-20(15-33-27(23)34-26(21)32)19-12-18-8-9-35(28(37)31(5,6)39)16-24(18)22(13-19)25-17-40-11-10-36(25)29(38)41-30(2,3)4/h12-15,25,39H,7-11,16-17H2,1-6H3,(H,33,34)/t25-/m0/s1. The first-order chi connectivity index (χ1) is 19.3. The summed E-state index contributed by atoms with van der Waals surface area (Å²) in [6.45, 7) is 12.2. The van der Waals surface area contributed by atoms with Crippen LogP contribution >= 0.6 is 0 Å². The van der Waals surface area contributed by atoms with E-state index in [9.17, 15) is 19.1 Å². The van der Waals surface area contributed by atoms with Crippen LogP contribution in [-0.2, 0) is 33.7 Å². The van der Waals surface area contributed by atoms with E-state index in [1.165, 1.54) is 13.8 Å². The highest BCUT2D eigenvalue weighted by Crippen LogP contribution is 2.38. The van der Waals surface area contributed by atoms with Gasteiger partial charge in [0.2, 0.25) is 0 Å². The number of fused-ring (bicyclic) bond motifs is 2. The Bertz CT molecular complexity index is 1490. The first kappa shape index (κ1) is 29.0. The molecule has 0 aliphatic carbocycles. The summed E-state index contributed by atoms with van der Waals surface area (Å²) in [5, 5.41) is 11.2. The zero-order chi connectivity index (χ0) is 29.7. The molecule has 5 rings (SSSR count). The van der Waals surface area contributed by atoms with Gasteiger partial charge in [0.05, 0.1) is 19.3 Å². The predicted molar refractivity (Wildman–Crippen MR) is 153 cm³/mol. The maximum absolute atomic E-state index is 14.5. The van der Waals surface area contributed by atoms with Crippen molar-refractivity contribution in [3.05, 3.63) is 52.6 Å². The van der Waals surface area contributed by atoms with Crippen molar-refractivity contribution in [2.45, 2.75) is 78.2 Å². The lowest BCUT2D eigenvalue weighted by molar-refractivity contribution is -0.148. The summed E-state index contributed by atoms with van der Waals surface area (Å²) in [4.78, 5) is 37.0. The van der Waals surface area contributed by atoms with Crippen LogP contribution in [-0.4, -0.2) is 74.4 Å². The number of carbonyl (C=O) groups excluding carboxylic acids is 2. The van der Waals surface area contributed by atoms with Crippen LogP contribution in [0.3, 0.4) is 0 Å². The van der Waals surface area contributed by atoms with Gasteiger partial charge in [-0.05, 0) is 81.8 Å². The summed E-state index contributed by atoms with van der Waals surface area (Å²) in [6, 6.07) is 5.61. The second-order valence-corrected chi connectivity index (χ2v) is 12.4. The quantitative estimate of drug-likeness (QED) is 0.465. The summed E-state index contributed by atoms with van der Waals surface area (Å²) in [7, 11) is 0. The summed E-state index contributed by atoms with van der Waals surface area (Å²) >= 11 is 0. The molecule has 41 heavy (non-hydrogen) atoms. The molecule has 0 bridgehead atoms. The largest absolute Gasteiger partial charge is 0.444 e. The fraction of sp³-hybridized carbons (Fsp3) is 0.516. The number of ether oxygens (including phenoxy) is 2. The summed E-state index contributed by atoms with van der Waals surface area (Å²) in [5.74, 6) is -0.722. The number of aromatic nitrogens is 2. The van der Waals surface area contributed by atoms with Crippen LogP contribution in [0.1, 0.15) is 69.8 Å². The van der Waals surface area contributed by atoms with E-state index in [1.807, 2.05) is 39.8 Å². The van der Waals surface area contributed by atoms with Crippen LogP contribution in [0.4, 0.5) is 9.18 Å². The molecule has 2 aliphatic rings. The second kappa shape index (κ2) is 10.7. The molecule has 4 heterocycles. The van der Waals surface area contributed by atoms with Crippen molar-refractivity contribution in [2.24, 2.45) is 0 Å². The third-order valence-corrected chi connectivity index (χ3v) is 7.70. The van der Waals surface area contributed by atoms with Crippen molar-refractivity contribution >= 4 is 23.0 Å². The molecular formula is C31H39FN4O5. The number of aryl methyl sites for hydroxylation is 1. The SMILES string of the molecule is CCc1c(F)[nH]c2ncc(-c3cc4c(c([C@@H]5COCCN5C(=O)OC(C)(C)C)c3)CN(C(=O)C(C)(C)O)CC4)cc12. The normalized spacial score (nSPS) is 18.0. The van der Waals surface area contributed by atoms with E-state index in [0.717, 1.165) is 33.2 Å². The Morgan fingerprint density at radius 3 is 2.61 bits per heavy atom. The lowest BCUT2D eigenvalue weighted by atomic mass is 9.86. The van der Waals surface area contributed by atoms with Gasteiger partial charge < -0.3 is 24.5 Å². The van der Waals surface area contributed by atoms with Crippen molar-refractivity contribution in [1.29, 1.82) is 0 Å². The number of benzene rings is 1.